The number of nitrogens with one attached hydrogen (secondary N) is 1. The zero-order valence-corrected chi connectivity index (χ0v) is 12.3. The zero-order chi connectivity index (χ0) is 16.0. The first-order chi connectivity index (χ1) is 9.86. The van der Waals surface area contributed by atoms with E-state index in [4.69, 9.17) is 16.3 Å². The lowest BCUT2D eigenvalue weighted by atomic mass is 10.2. The molecule has 0 aromatic heterocycles. The first-order valence-corrected chi connectivity index (χ1v) is 6.67. The molecule has 0 fully saturated rings. The Morgan fingerprint density at radius 2 is 2.14 bits per heavy atom. The van der Waals surface area contributed by atoms with E-state index in [2.05, 4.69) is 5.32 Å². The Balaban J connectivity index is 2.85. The third-order valence-corrected chi connectivity index (χ3v) is 2.81. The number of hydrogen-bond donors (Lipinski definition) is 1. The highest BCUT2D eigenvalue weighted by molar-refractivity contribution is 6.31. The fourth-order valence-corrected chi connectivity index (χ4v) is 1.66. The number of carbonyl (C=O) groups is 2. The van der Waals surface area contributed by atoms with Gasteiger partial charge in [0.15, 0.2) is 6.10 Å². The number of amides is 1. The lowest BCUT2D eigenvalue weighted by Gasteiger charge is -2.13. The molecule has 0 aliphatic carbocycles. The van der Waals surface area contributed by atoms with Gasteiger partial charge in [-0.2, -0.15) is 0 Å². The molecule has 1 amide bonds. The molecule has 1 aromatic rings. The van der Waals surface area contributed by atoms with Crippen LogP contribution in [0.3, 0.4) is 0 Å². The lowest BCUT2D eigenvalue weighted by molar-refractivity contribution is -0.385. The predicted octanol–water partition coefficient (Wildman–Crippen LogP) is 2.32. The third-order valence-electron chi connectivity index (χ3n) is 2.58. The van der Waals surface area contributed by atoms with Gasteiger partial charge in [-0.3, -0.25) is 14.9 Å². The average molecular weight is 315 g/mol. The monoisotopic (exact) mass is 314 g/mol. The number of halogens is 1. The van der Waals surface area contributed by atoms with Gasteiger partial charge in [0.05, 0.1) is 4.92 Å². The highest BCUT2D eigenvalue weighted by Gasteiger charge is 2.25. The minimum absolute atomic E-state index is 0.131. The van der Waals surface area contributed by atoms with Gasteiger partial charge < -0.3 is 10.1 Å². The minimum Gasteiger partial charge on any atom is -0.449 e. The number of nitro groups is 1. The molecule has 0 saturated carbocycles. The Morgan fingerprint density at radius 3 is 2.71 bits per heavy atom. The molecular formula is C13H15ClN2O5. The van der Waals surface area contributed by atoms with E-state index in [1.54, 1.807) is 0 Å². The van der Waals surface area contributed by atoms with E-state index in [1.165, 1.54) is 19.1 Å². The Labute approximate surface area is 126 Å². The van der Waals surface area contributed by atoms with E-state index in [0.717, 1.165) is 12.5 Å². The number of rotatable bonds is 6. The van der Waals surface area contributed by atoms with Crippen LogP contribution in [0, 0.1) is 10.1 Å². The minimum atomic E-state index is -1.04. The van der Waals surface area contributed by atoms with Crippen LogP contribution in [-0.4, -0.2) is 29.4 Å². The maximum Gasteiger partial charge on any atom is 0.345 e. The molecule has 0 heterocycles. The summed E-state index contributed by atoms with van der Waals surface area (Å²) in [6.07, 6.45) is -0.297. The molecular weight excluding hydrogens is 300 g/mol. The van der Waals surface area contributed by atoms with Crippen molar-refractivity contribution in [3.8, 4) is 0 Å². The van der Waals surface area contributed by atoms with Crippen LogP contribution in [-0.2, 0) is 9.53 Å². The van der Waals surface area contributed by atoms with Gasteiger partial charge in [-0.05, 0) is 25.5 Å². The van der Waals surface area contributed by atoms with E-state index in [9.17, 15) is 19.7 Å². The van der Waals surface area contributed by atoms with Gasteiger partial charge in [-0.1, -0.05) is 18.5 Å². The van der Waals surface area contributed by atoms with Gasteiger partial charge in [0.25, 0.3) is 11.6 Å². The van der Waals surface area contributed by atoms with Crippen LogP contribution in [0.2, 0.25) is 5.02 Å². The number of esters is 1. The smallest absolute Gasteiger partial charge is 0.345 e. The Kier molecular flexibility index (Phi) is 6.10. The summed E-state index contributed by atoms with van der Waals surface area (Å²) >= 11 is 5.66. The SMILES string of the molecule is CCCNC(=O)C(C)OC(=O)c1ccc(Cl)cc1[N+](=O)[O-]. The first kappa shape index (κ1) is 16.9. The van der Waals surface area contributed by atoms with Crippen molar-refractivity contribution in [1.29, 1.82) is 0 Å². The predicted molar refractivity (Wildman–Crippen MR) is 76.3 cm³/mol. The summed E-state index contributed by atoms with van der Waals surface area (Å²) in [5.74, 6) is -1.40. The average Bonchev–Trinajstić information content (AvgIpc) is 2.44. The molecule has 8 heteroatoms. The molecule has 1 rings (SSSR count). The maximum absolute atomic E-state index is 11.9. The summed E-state index contributed by atoms with van der Waals surface area (Å²) in [5.41, 5.74) is -0.715. The number of nitrogens with zero attached hydrogens (tertiary/aromatic N) is 1. The molecule has 0 saturated heterocycles. The highest BCUT2D eigenvalue weighted by atomic mass is 35.5. The molecule has 0 radical (unpaired) electrons. The van der Waals surface area contributed by atoms with Crippen LogP contribution in [0.15, 0.2) is 18.2 Å². The topological polar surface area (TPSA) is 98.5 Å². The molecule has 0 spiro atoms. The standard InChI is InChI=1S/C13H15ClN2O5/c1-3-6-15-12(17)8(2)21-13(18)10-5-4-9(14)7-11(10)16(19)20/h4-5,7-8H,3,6H2,1-2H3,(H,15,17). The third kappa shape index (κ3) is 4.71. The zero-order valence-electron chi connectivity index (χ0n) is 11.6. The number of nitro benzene ring substituents is 1. The number of hydrogen-bond acceptors (Lipinski definition) is 5. The van der Waals surface area contributed by atoms with Crippen molar-refractivity contribution in [1.82, 2.24) is 5.32 Å². The van der Waals surface area contributed by atoms with Crippen molar-refractivity contribution < 1.29 is 19.2 Å². The summed E-state index contributed by atoms with van der Waals surface area (Å²) in [7, 11) is 0. The number of carbonyl (C=O) groups excluding carboxylic acids is 2. The van der Waals surface area contributed by atoms with Crippen LogP contribution in [0.25, 0.3) is 0 Å². The molecule has 1 unspecified atom stereocenters. The van der Waals surface area contributed by atoms with Gasteiger partial charge >= 0.3 is 5.97 Å². The molecule has 114 valence electrons. The van der Waals surface area contributed by atoms with Crippen LogP contribution in [0.5, 0.6) is 0 Å². The number of benzene rings is 1. The van der Waals surface area contributed by atoms with Crippen LogP contribution in [0.1, 0.15) is 30.6 Å². The normalized spacial score (nSPS) is 11.6. The van der Waals surface area contributed by atoms with E-state index in [1.807, 2.05) is 6.92 Å². The van der Waals surface area contributed by atoms with Crippen molar-refractivity contribution in [2.75, 3.05) is 6.54 Å². The van der Waals surface area contributed by atoms with Gasteiger partial charge in [0.2, 0.25) is 0 Å². The molecule has 21 heavy (non-hydrogen) atoms. The molecule has 7 nitrogen and oxygen atoms in total. The van der Waals surface area contributed by atoms with E-state index < -0.39 is 28.6 Å². The van der Waals surface area contributed by atoms with Crippen LogP contribution in [0.4, 0.5) is 5.69 Å². The first-order valence-electron chi connectivity index (χ1n) is 6.29. The van der Waals surface area contributed by atoms with Crippen LogP contribution >= 0.6 is 11.6 Å². The quantitative estimate of drug-likeness (QED) is 0.493. The molecule has 0 bridgehead atoms. The second kappa shape index (κ2) is 7.58. The fraction of sp³-hybridized carbons (Fsp3) is 0.385. The summed E-state index contributed by atoms with van der Waals surface area (Å²) in [6, 6.07) is 3.59. The van der Waals surface area contributed by atoms with Gasteiger partial charge in [-0.15, -0.1) is 0 Å². The molecule has 0 aliphatic rings. The van der Waals surface area contributed by atoms with Crippen LogP contribution < -0.4 is 5.32 Å². The Morgan fingerprint density at radius 1 is 1.48 bits per heavy atom. The van der Waals surface area contributed by atoms with Gasteiger partial charge in [0.1, 0.15) is 5.56 Å². The maximum atomic E-state index is 11.9. The fourth-order valence-electron chi connectivity index (χ4n) is 1.50. The highest BCUT2D eigenvalue weighted by Crippen LogP contribution is 2.24. The summed E-state index contributed by atoms with van der Waals surface area (Å²) in [4.78, 5) is 33.7. The van der Waals surface area contributed by atoms with Crippen molar-refractivity contribution >= 4 is 29.2 Å². The Hall–Kier alpha value is -2.15. The summed E-state index contributed by atoms with van der Waals surface area (Å²) in [5, 5.41) is 13.6. The summed E-state index contributed by atoms with van der Waals surface area (Å²) < 4.78 is 4.93. The Bertz CT molecular complexity index is 561. The number of ether oxygens (including phenoxy) is 1. The van der Waals surface area contributed by atoms with Gasteiger partial charge in [0, 0.05) is 17.6 Å². The van der Waals surface area contributed by atoms with E-state index >= 15 is 0 Å². The van der Waals surface area contributed by atoms with Gasteiger partial charge in [-0.25, -0.2) is 4.79 Å². The molecule has 0 aliphatic heterocycles. The molecule has 1 aromatic carbocycles. The second-order valence-corrected chi connectivity index (χ2v) is 4.69. The largest absolute Gasteiger partial charge is 0.449 e. The van der Waals surface area contributed by atoms with E-state index in [-0.39, 0.29) is 10.6 Å². The van der Waals surface area contributed by atoms with Crippen molar-refractivity contribution in [2.45, 2.75) is 26.4 Å². The van der Waals surface area contributed by atoms with Crippen molar-refractivity contribution in [2.24, 2.45) is 0 Å². The molecule has 1 atom stereocenters. The molecule has 1 N–H and O–H groups in total. The summed E-state index contributed by atoms with van der Waals surface area (Å²) in [6.45, 7) is 3.74. The van der Waals surface area contributed by atoms with E-state index in [0.29, 0.717) is 6.54 Å². The lowest BCUT2D eigenvalue weighted by Crippen LogP contribution is -2.36. The van der Waals surface area contributed by atoms with Crippen molar-refractivity contribution in [3.05, 3.63) is 38.9 Å². The van der Waals surface area contributed by atoms with Crippen molar-refractivity contribution in [3.63, 3.8) is 0 Å². The second-order valence-electron chi connectivity index (χ2n) is 4.26.